The van der Waals surface area contributed by atoms with E-state index in [1.54, 1.807) is 33.8 Å². The topological polar surface area (TPSA) is 74.6 Å². The van der Waals surface area contributed by atoms with Crippen molar-refractivity contribution in [3.05, 3.63) is 45.0 Å². The molecule has 0 aliphatic rings. The Balaban J connectivity index is 2.97. The highest BCUT2D eigenvalue weighted by atomic mass is 32.2. The van der Waals surface area contributed by atoms with Crippen molar-refractivity contribution in [1.29, 1.82) is 0 Å². The van der Waals surface area contributed by atoms with Gasteiger partial charge in [0.25, 0.3) is 0 Å². The molecular weight excluding hydrogens is 324 g/mol. The molecule has 0 atom stereocenters. The SMILES string of the molecule is Cc1cc(C)c(S(=O)(=O)c2c(C)c(C)c(C)c(C)c2O)c(O)c1C. The summed E-state index contributed by atoms with van der Waals surface area (Å²) in [5, 5.41) is 21.0. The van der Waals surface area contributed by atoms with E-state index >= 15 is 0 Å². The molecule has 0 saturated heterocycles. The molecule has 2 rings (SSSR count). The Bertz CT molecular complexity index is 925. The Morgan fingerprint density at radius 1 is 0.625 bits per heavy atom. The standard InChI is InChI=1S/C19H24O4S/c1-9-8-10(2)18(16(20)11(9)3)24(22,23)19-15(7)13(5)12(4)14(6)17(19)21/h8,20-21H,1-7H3. The van der Waals surface area contributed by atoms with Gasteiger partial charge in [-0.1, -0.05) is 6.07 Å². The summed E-state index contributed by atoms with van der Waals surface area (Å²) in [4.78, 5) is -0.253. The van der Waals surface area contributed by atoms with E-state index in [4.69, 9.17) is 0 Å². The molecule has 0 amide bonds. The maximum absolute atomic E-state index is 13.3. The van der Waals surface area contributed by atoms with Crippen molar-refractivity contribution in [1.82, 2.24) is 0 Å². The third-order valence-electron chi connectivity index (χ3n) is 5.09. The van der Waals surface area contributed by atoms with Crippen molar-refractivity contribution in [2.45, 2.75) is 58.3 Å². The summed E-state index contributed by atoms with van der Waals surface area (Å²) >= 11 is 0. The maximum Gasteiger partial charge on any atom is 0.214 e. The lowest BCUT2D eigenvalue weighted by Crippen LogP contribution is -2.10. The van der Waals surface area contributed by atoms with Gasteiger partial charge in [0, 0.05) is 0 Å². The number of aromatic hydroxyl groups is 2. The summed E-state index contributed by atoms with van der Waals surface area (Å²) in [6, 6.07) is 1.74. The summed E-state index contributed by atoms with van der Waals surface area (Å²) in [5.74, 6) is -0.491. The number of rotatable bonds is 2. The zero-order valence-corrected chi connectivity index (χ0v) is 16.0. The molecule has 5 heteroatoms. The molecule has 0 saturated carbocycles. The van der Waals surface area contributed by atoms with E-state index in [2.05, 4.69) is 0 Å². The molecule has 0 aliphatic carbocycles. The molecule has 0 bridgehead atoms. The molecular formula is C19H24O4S. The van der Waals surface area contributed by atoms with Crippen LogP contribution in [0.4, 0.5) is 0 Å². The molecule has 2 aromatic carbocycles. The van der Waals surface area contributed by atoms with Crippen LogP contribution in [0.3, 0.4) is 0 Å². The minimum Gasteiger partial charge on any atom is -0.506 e. The van der Waals surface area contributed by atoms with Crippen LogP contribution in [0.1, 0.15) is 38.9 Å². The van der Waals surface area contributed by atoms with Gasteiger partial charge in [-0.2, -0.15) is 0 Å². The third-order valence-corrected chi connectivity index (χ3v) is 7.18. The lowest BCUT2D eigenvalue weighted by Gasteiger charge is -2.19. The van der Waals surface area contributed by atoms with Crippen molar-refractivity contribution in [3.8, 4) is 11.5 Å². The highest BCUT2D eigenvalue weighted by Gasteiger charge is 2.31. The van der Waals surface area contributed by atoms with E-state index in [1.165, 1.54) is 0 Å². The lowest BCUT2D eigenvalue weighted by atomic mass is 9.98. The summed E-state index contributed by atoms with van der Waals surface area (Å²) in [7, 11) is -4.06. The number of phenolic OH excluding ortho intramolecular Hbond substituents is 2. The fourth-order valence-electron chi connectivity index (χ4n) is 3.07. The number of hydrogen-bond acceptors (Lipinski definition) is 4. The fourth-order valence-corrected chi connectivity index (χ4v) is 5.13. The minimum atomic E-state index is -4.06. The number of hydrogen-bond donors (Lipinski definition) is 2. The third kappa shape index (κ3) is 2.47. The highest BCUT2D eigenvalue weighted by Crippen LogP contribution is 2.42. The van der Waals surface area contributed by atoms with E-state index in [-0.39, 0.29) is 21.3 Å². The maximum atomic E-state index is 13.3. The lowest BCUT2D eigenvalue weighted by molar-refractivity contribution is 0.446. The van der Waals surface area contributed by atoms with Crippen LogP contribution in [0.5, 0.6) is 11.5 Å². The van der Waals surface area contributed by atoms with Gasteiger partial charge in [-0.25, -0.2) is 8.42 Å². The van der Waals surface area contributed by atoms with E-state index in [9.17, 15) is 18.6 Å². The van der Waals surface area contributed by atoms with E-state index in [0.717, 1.165) is 16.7 Å². The summed E-state index contributed by atoms with van der Waals surface area (Å²) in [6.07, 6.45) is 0. The number of phenols is 2. The van der Waals surface area contributed by atoms with E-state index in [1.807, 2.05) is 20.8 Å². The van der Waals surface area contributed by atoms with Gasteiger partial charge < -0.3 is 10.2 Å². The Hall–Kier alpha value is -2.01. The average molecular weight is 348 g/mol. The van der Waals surface area contributed by atoms with Crippen LogP contribution in [0.15, 0.2) is 15.9 Å². The van der Waals surface area contributed by atoms with Crippen molar-refractivity contribution in [3.63, 3.8) is 0 Å². The molecule has 4 nitrogen and oxygen atoms in total. The van der Waals surface area contributed by atoms with Gasteiger partial charge in [-0.15, -0.1) is 0 Å². The van der Waals surface area contributed by atoms with Crippen LogP contribution in [0.2, 0.25) is 0 Å². The zero-order valence-electron chi connectivity index (χ0n) is 15.2. The molecule has 2 N–H and O–H groups in total. The summed E-state index contributed by atoms with van der Waals surface area (Å²) < 4.78 is 26.6. The monoisotopic (exact) mass is 348 g/mol. The Morgan fingerprint density at radius 2 is 1.08 bits per heavy atom. The van der Waals surface area contributed by atoms with Crippen molar-refractivity contribution >= 4 is 9.84 Å². The summed E-state index contributed by atoms with van der Waals surface area (Å²) in [6.45, 7) is 12.2. The second kappa shape index (κ2) is 5.81. The minimum absolute atomic E-state index is 0.121. The first-order valence-electron chi connectivity index (χ1n) is 7.77. The van der Waals surface area contributed by atoms with Crippen LogP contribution in [-0.2, 0) is 9.84 Å². The predicted octanol–water partition coefficient (Wildman–Crippen LogP) is 4.09. The number of sulfone groups is 1. The quantitative estimate of drug-likeness (QED) is 0.857. The van der Waals surface area contributed by atoms with Crippen LogP contribution in [0.25, 0.3) is 0 Å². The predicted molar refractivity (Wildman–Crippen MR) is 94.8 cm³/mol. The Morgan fingerprint density at radius 3 is 1.62 bits per heavy atom. The van der Waals surface area contributed by atoms with Gasteiger partial charge in [-0.3, -0.25) is 0 Å². The van der Waals surface area contributed by atoms with Crippen molar-refractivity contribution in [2.24, 2.45) is 0 Å². The molecule has 130 valence electrons. The zero-order chi connectivity index (χ0) is 18.6. The van der Waals surface area contributed by atoms with Gasteiger partial charge in [0.15, 0.2) is 0 Å². The molecule has 0 spiro atoms. The normalized spacial score (nSPS) is 11.8. The number of benzene rings is 2. The molecule has 0 aliphatic heterocycles. The van der Waals surface area contributed by atoms with Crippen LogP contribution in [0, 0.1) is 48.5 Å². The molecule has 0 fully saturated rings. The van der Waals surface area contributed by atoms with Crippen molar-refractivity contribution < 1.29 is 18.6 Å². The van der Waals surface area contributed by atoms with E-state index < -0.39 is 9.84 Å². The molecule has 24 heavy (non-hydrogen) atoms. The van der Waals surface area contributed by atoms with Crippen molar-refractivity contribution in [2.75, 3.05) is 0 Å². The van der Waals surface area contributed by atoms with Crippen LogP contribution in [-0.4, -0.2) is 18.6 Å². The molecule has 0 radical (unpaired) electrons. The molecule has 0 unspecified atom stereocenters. The van der Waals surface area contributed by atoms with Crippen LogP contribution < -0.4 is 0 Å². The second-order valence-corrected chi connectivity index (χ2v) is 8.32. The first-order valence-corrected chi connectivity index (χ1v) is 9.25. The molecule has 2 aromatic rings. The Labute approximate surface area is 143 Å². The largest absolute Gasteiger partial charge is 0.506 e. The first kappa shape index (κ1) is 18.3. The smallest absolute Gasteiger partial charge is 0.214 e. The molecule has 0 aromatic heterocycles. The number of aryl methyl sites for hydroxylation is 2. The van der Waals surface area contributed by atoms with E-state index in [0.29, 0.717) is 22.3 Å². The van der Waals surface area contributed by atoms with Gasteiger partial charge in [0.1, 0.15) is 21.3 Å². The second-order valence-electron chi connectivity index (χ2n) is 6.49. The highest BCUT2D eigenvalue weighted by molar-refractivity contribution is 7.91. The van der Waals surface area contributed by atoms with Gasteiger partial charge in [0.05, 0.1) is 0 Å². The average Bonchev–Trinajstić information content (AvgIpc) is 2.48. The molecule has 0 heterocycles. The summed E-state index contributed by atoms with van der Waals surface area (Å²) in [5.41, 5.74) is 4.54. The fraction of sp³-hybridized carbons (Fsp3) is 0.368. The first-order chi connectivity index (χ1) is 10.9. The van der Waals surface area contributed by atoms with Gasteiger partial charge in [-0.05, 0) is 87.4 Å². The van der Waals surface area contributed by atoms with Gasteiger partial charge >= 0.3 is 0 Å². The Kier molecular flexibility index (Phi) is 4.44. The van der Waals surface area contributed by atoms with Crippen LogP contribution >= 0.6 is 0 Å². The van der Waals surface area contributed by atoms with Gasteiger partial charge in [0.2, 0.25) is 9.84 Å².